The molecule has 0 unspecified atom stereocenters. The van der Waals surface area contributed by atoms with Crippen molar-refractivity contribution >= 4 is 0 Å². The van der Waals surface area contributed by atoms with E-state index >= 15 is 0 Å². The van der Waals surface area contributed by atoms with Crippen molar-refractivity contribution in [1.82, 2.24) is 5.32 Å². The third-order valence-electron chi connectivity index (χ3n) is 2.85. The number of nitrogens with one attached hydrogen (secondary N) is 1. The molecule has 1 saturated carbocycles. The van der Waals surface area contributed by atoms with Crippen LogP contribution in [0.25, 0.3) is 0 Å². The van der Waals surface area contributed by atoms with Gasteiger partial charge in [-0.1, -0.05) is 6.07 Å². The van der Waals surface area contributed by atoms with Crippen LogP contribution in [-0.2, 0) is 17.5 Å². The highest BCUT2D eigenvalue weighted by atomic mass is 19.4. The fourth-order valence-corrected chi connectivity index (χ4v) is 1.71. The van der Waals surface area contributed by atoms with Crippen molar-refractivity contribution in [2.75, 3.05) is 13.9 Å². The van der Waals surface area contributed by atoms with Gasteiger partial charge >= 0.3 is 6.18 Å². The molecule has 0 spiro atoms. The minimum absolute atomic E-state index is 0.204. The maximum atomic E-state index is 12.9. The van der Waals surface area contributed by atoms with E-state index in [4.69, 9.17) is 4.74 Å². The van der Waals surface area contributed by atoms with Gasteiger partial charge in [0.15, 0.2) is 6.79 Å². The maximum absolute atomic E-state index is 12.9. The van der Waals surface area contributed by atoms with Gasteiger partial charge in [-0.25, -0.2) is 0 Å². The van der Waals surface area contributed by atoms with Gasteiger partial charge in [0, 0.05) is 19.7 Å². The Labute approximate surface area is 109 Å². The molecule has 0 amide bonds. The van der Waals surface area contributed by atoms with Crippen molar-refractivity contribution in [2.24, 2.45) is 0 Å². The molecule has 0 saturated heterocycles. The standard InChI is InChI=1S/C13H16F3NO2/c1-18-8-19-12-5-2-9(7-17-10-3-4-10)6-11(12)13(14,15)16/h2,5-6,10,17H,3-4,7-8H2,1H3. The van der Waals surface area contributed by atoms with Gasteiger partial charge < -0.3 is 14.8 Å². The molecule has 19 heavy (non-hydrogen) atoms. The lowest BCUT2D eigenvalue weighted by atomic mass is 10.1. The van der Waals surface area contributed by atoms with E-state index in [0.717, 1.165) is 18.9 Å². The molecule has 0 atom stereocenters. The molecular weight excluding hydrogens is 259 g/mol. The Bertz CT molecular complexity index is 430. The van der Waals surface area contributed by atoms with E-state index < -0.39 is 11.7 Å². The summed E-state index contributed by atoms with van der Waals surface area (Å²) in [6.45, 7) is 0.237. The highest BCUT2D eigenvalue weighted by Gasteiger charge is 2.34. The zero-order valence-corrected chi connectivity index (χ0v) is 10.6. The molecule has 1 fully saturated rings. The summed E-state index contributed by atoms with van der Waals surface area (Å²) in [4.78, 5) is 0. The molecule has 1 aliphatic rings. The third kappa shape index (κ3) is 4.11. The molecule has 3 nitrogen and oxygen atoms in total. The zero-order valence-electron chi connectivity index (χ0n) is 10.6. The largest absolute Gasteiger partial charge is 0.467 e. The normalized spacial score (nSPS) is 15.6. The van der Waals surface area contributed by atoms with Gasteiger partial charge in [-0.05, 0) is 30.5 Å². The second-order valence-electron chi connectivity index (χ2n) is 4.53. The van der Waals surface area contributed by atoms with Crippen molar-refractivity contribution in [3.05, 3.63) is 29.3 Å². The molecule has 6 heteroatoms. The van der Waals surface area contributed by atoms with E-state index in [9.17, 15) is 13.2 Å². The molecule has 0 heterocycles. The molecular formula is C13H16F3NO2. The molecule has 1 aromatic rings. The van der Waals surface area contributed by atoms with Crippen LogP contribution < -0.4 is 10.1 Å². The Hall–Kier alpha value is -1.27. The molecule has 0 bridgehead atoms. The second kappa shape index (κ2) is 5.79. The average molecular weight is 275 g/mol. The van der Waals surface area contributed by atoms with Gasteiger partial charge in [-0.15, -0.1) is 0 Å². The molecule has 0 aromatic heterocycles. The van der Waals surface area contributed by atoms with Crippen LogP contribution in [0.3, 0.4) is 0 Å². The van der Waals surface area contributed by atoms with E-state index in [1.54, 1.807) is 6.07 Å². The number of rotatable bonds is 6. The summed E-state index contributed by atoms with van der Waals surface area (Å²) >= 11 is 0. The van der Waals surface area contributed by atoms with Crippen molar-refractivity contribution in [2.45, 2.75) is 31.6 Å². The fraction of sp³-hybridized carbons (Fsp3) is 0.538. The lowest BCUT2D eigenvalue weighted by Crippen LogP contribution is -2.16. The second-order valence-corrected chi connectivity index (χ2v) is 4.53. The highest BCUT2D eigenvalue weighted by Crippen LogP contribution is 2.37. The first-order chi connectivity index (χ1) is 9.00. The van der Waals surface area contributed by atoms with Crippen molar-refractivity contribution in [3.8, 4) is 5.75 Å². The Morgan fingerprint density at radius 2 is 2.05 bits per heavy atom. The van der Waals surface area contributed by atoms with Crippen molar-refractivity contribution in [3.63, 3.8) is 0 Å². The van der Waals surface area contributed by atoms with Crippen LogP contribution in [-0.4, -0.2) is 19.9 Å². The van der Waals surface area contributed by atoms with Gasteiger partial charge in [-0.2, -0.15) is 13.2 Å². The number of hydrogen-bond donors (Lipinski definition) is 1. The first kappa shape index (κ1) is 14.1. The van der Waals surface area contributed by atoms with Crippen LogP contribution in [0.2, 0.25) is 0 Å². The number of halogens is 3. The summed E-state index contributed by atoms with van der Waals surface area (Å²) in [5.41, 5.74) is -0.163. The quantitative estimate of drug-likeness (QED) is 0.810. The SMILES string of the molecule is COCOc1ccc(CNC2CC2)cc1C(F)(F)F. The van der Waals surface area contributed by atoms with Crippen LogP contribution in [0.5, 0.6) is 5.75 Å². The van der Waals surface area contributed by atoms with Crippen molar-refractivity contribution < 1.29 is 22.6 Å². The predicted molar refractivity (Wildman–Crippen MR) is 63.8 cm³/mol. The van der Waals surface area contributed by atoms with Crippen LogP contribution in [0.4, 0.5) is 13.2 Å². The zero-order chi connectivity index (χ0) is 13.9. The number of methoxy groups -OCH3 is 1. The first-order valence-electron chi connectivity index (χ1n) is 6.06. The van der Waals surface area contributed by atoms with Gasteiger partial charge in [0.2, 0.25) is 0 Å². The smallest absolute Gasteiger partial charge is 0.419 e. The highest BCUT2D eigenvalue weighted by molar-refractivity contribution is 5.39. The number of benzene rings is 1. The van der Waals surface area contributed by atoms with Crippen molar-refractivity contribution in [1.29, 1.82) is 0 Å². The molecule has 0 aliphatic heterocycles. The van der Waals surface area contributed by atoms with E-state index in [2.05, 4.69) is 10.1 Å². The van der Waals surface area contributed by atoms with Gasteiger partial charge in [-0.3, -0.25) is 0 Å². The summed E-state index contributed by atoms with van der Waals surface area (Å²) in [7, 11) is 1.36. The number of alkyl halides is 3. The monoisotopic (exact) mass is 275 g/mol. The van der Waals surface area contributed by atoms with E-state index in [1.165, 1.54) is 13.2 Å². The fourth-order valence-electron chi connectivity index (χ4n) is 1.71. The molecule has 1 N–H and O–H groups in total. The minimum atomic E-state index is -4.43. The maximum Gasteiger partial charge on any atom is 0.419 e. The first-order valence-corrected chi connectivity index (χ1v) is 6.06. The predicted octanol–water partition coefficient (Wildman–Crippen LogP) is 2.94. The van der Waals surface area contributed by atoms with E-state index in [1.807, 2.05) is 0 Å². The Kier molecular flexibility index (Phi) is 4.31. The average Bonchev–Trinajstić information content (AvgIpc) is 3.17. The Morgan fingerprint density at radius 3 is 2.63 bits per heavy atom. The van der Waals surface area contributed by atoms with Gasteiger partial charge in [0.05, 0.1) is 5.56 Å². The molecule has 1 aliphatic carbocycles. The Morgan fingerprint density at radius 1 is 1.32 bits per heavy atom. The number of hydrogen-bond acceptors (Lipinski definition) is 3. The summed E-state index contributed by atoms with van der Waals surface area (Å²) in [6.07, 6.45) is -2.24. The Balaban J connectivity index is 2.14. The minimum Gasteiger partial charge on any atom is -0.467 e. The van der Waals surface area contributed by atoms with Crippen LogP contribution in [0.15, 0.2) is 18.2 Å². The summed E-state index contributed by atoms with van der Waals surface area (Å²) in [6, 6.07) is 4.56. The van der Waals surface area contributed by atoms with Crippen LogP contribution >= 0.6 is 0 Å². The van der Waals surface area contributed by atoms with Crippen LogP contribution in [0, 0.1) is 0 Å². The summed E-state index contributed by atoms with van der Waals surface area (Å²) < 4.78 is 48.3. The summed E-state index contributed by atoms with van der Waals surface area (Å²) in [5.74, 6) is -0.204. The van der Waals surface area contributed by atoms with Crippen LogP contribution in [0.1, 0.15) is 24.0 Å². The van der Waals surface area contributed by atoms with E-state index in [0.29, 0.717) is 18.2 Å². The molecule has 2 rings (SSSR count). The molecule has 106 valence electrons. The summed E-state index contributed by atoms with van der Waals surface area (Å²) in [5, 5.41) is 3.18. The third-order valence-corrected chi connectivity index (χ3v) is 2.85. The molecule has 1 aromatic carbocycles. The lowest BCUT2D eigenvalue weighted by molar-refractivity contribution is -0.139. The van der Waals surface area contributed by atoms with Gasteiger partial charge in [0.1, 0.15) is 5.75 Å². The topological polar surface area (TPSA) is 30.5 Å². The number of ether oxygens (including phenoxy) is 2. The van der Waals surface area contributed by atoms with E-state index in [-0.39, 0.29) is 12.5 Å². The molecule has 0 radical (unpaired) electrons. The lowest BCUT2D eigenvalue weighted by Gasteiger charge is -2.15. The van der Waals surface area contributed by atoms with Gasteiger partial charge in [0.25, 0.3) is 0 Å².